The number of aliphatic hydroxyl groups is 1. The number of rotatable bonds is 9. The minimum absolute atomic E-state index is 0.0670. The highest BCUT2D eigenvalue weighted by Gasteiger charge is 2.30. The van der Waals surface area contributed by atoms with Crippen molar-refractivity contribution in [2.45, 2.75) is 58.5 Å². The van der Waals surface area contributed by atoms with Gasteiger partial charge in [-0.3, -0.25) is 9.59 Å². The molecule has 19 heavy (non-hydrogen) atoms. The second-order valence-corrected chi connectivity index (χ2v) is 5.41. The van der Waals surface area contributed by atoms with E-state index in [9.17, 15) is 14.7 Å². The fourth-order valence-corrected chi connectivity index (χ4v) is 2.24. The monoisotopic (exact) mass is 273 g/mol. The number of hydrogen-bond donors (Lipinski definition) is 2. The van der Waals surface area contributed by atoms with Gasteiger partial charge in [-0.2, -0.15) is 0 Å². The lowest BCUT2D eigenvalue weighted by atomic mass is 9.89. The molecule has 5 nitrogen and oxygen atoms in total. The summed E-state index contributed by atoms with van der Waals surface area (Å²) in [4.78, 5) is 24.2. The average Bonchev–Trinajstić information content (AvgIpc) is 2.28. The maximum absolute atomic E-state index is 12.0. The molecule has 0 heterocycles. The summed E-state index contributed by atoms with van der Waals surface area (Å²) in [6.45, 7) is 5.68. The van der Waals surface area contributed by atoms with Crippen molar-refractivity contribution in [3.63, 3.8) is 0 Å². The van der Waals surface area contributed by atoms with E-state index in [1.54, 1.807) is 14.0 Å². The Morgan fingerprint density at radius 2 is 1.68 bits per heavy atom. The predicted octanol–water partition coefficient (Wildman–Crippen LogP) is 1.89. The first-order chi connectivity index (χ1) is 8.75. The van der Waals surface area contributed by atoms with E-state index >= 15 is 0 Å². The van der Waals surface area contributed by atoms with Crippen LogP contribution in [0, 0.1) is 5.92 Å². The number of amides is 1. The van der Waals surface area contributed by atoms with Crippen LogP contribution < -0.4 is 0 Å². The smallest absolute Gasteiger partial charge is 0.308 e. The normalized spacial score (nSPS) is 13.1. The molecular formula is C14H27NO4. The summed E-state index contributed by atoms with van der Waals surface area (Å²) < 4.78 is 0. The Labute approximate surface area is 115 Å². The van der Waals surface area contributed by atoms with Crippen LogP contribution in [0.25, 0.3) is 0 Å². The molecule has 0 radical (unpaired) electrons. The SMILES string of the molecule is CCCC(O)(CCC)CC(=O)N(C)CC(C)C(=O)O. The molecule has 0 aromatic rings. The lowest BCUT2D eigenvalue weighted by Gasteiger charge is -2.29. The van der Waals surface area contributed by atoms with Crippen LogP contribution in [-0.2, 0) is 9.59 Å². The molecule has 0 aliphatic rings. The van der Waals surface area contributed by atoms with E-state index in [1.165, 1.54) is 4.90 Å². The molecule has 0 rings (SSSR count). The molecule has 1 amide bonds. The Balaban J connectivity index is 4.51. The third-order valence-corrected chi connectivity index (χ3v) is 3.31. The van der Waals surface area contributed by atoms with Gasteiger partial charge >= 0.3 is 5.97 Å². The summed E-state index contributed by atoms with van der Waals surface area (Å²) in [7, 11) is 1.58. The molecule has 1 atom stereocenters. The highest BCUT2D eigenvalue weighted by molar-refractivity contribution is 5.78. The molecule has 1 unspecified atom stereocenters. The lowest BCUT2D eigenvalue weighted by Crippen LogP contribution is -2.40. The van der Waals surface area contributed by atoms with Gasteiger partial charge in [0.25, 0.3) is 0 Å². The van der Waals surface area contributed by atoms with Crippen molar-refractivity contribution in [2.75, 3.05) is 13.6 Å². The maximum Gasteiger partial charge on any atom is 0.308 e. The van der Waals surface area contributed by atoms with Crippen LogP contribution in [0.3, 0.4) is 0 Å². The second-order valence-electron chi connectivity index (χ2n) is 5.41. The number of carboxylic acids is 1. The Bertz CT molecular complexity index is 298. The molecule has 5 heteroatoms. The van der Waals surface area contributed by atoms with Crippen molar-refractivity contribution in [1.82, 2.24) is 4.90 Å². The third-order valence-electron chi connectivity index (χ3n) is 3.31. The molecule has 0 aliphatic heterocycles. The fourth-order valence-electron chi connectivity index (χ4n) is 2.24. The Morgan fingerprint density at radius 3 is 2.05 bits per heavy atom. The molecule has 0 saturated carbocycles. The number of carbonyl (C=O) groups excluding carboxylic acids is 1. The number of carbonyl (C=O) groups is 2. The summed E-state index contributed by atoms with van der Waals surface area (Å²) in [6, 6.07) is 0. The maximum atomic E-state index is 12.0. The van der Waals surface area contributed by atoms with Gasteiger partial charge in [0.2, 0.25) is 5.91 Å². The van der Waals surface area contributed by atoms with Crippen LogP contribution >= 0.6 is 0 Å². The van der Waals surface area contributed by atoms with E-state index in [4.69, 9.17) is 5.11 Å². The molecular weight excluding hydrogens is 246 g/mol. The van der Waals surface area contributed by atoms with Gasteiger partial charge in [0, 0.05) is 13.6 Å². The van der Waals surface area contributed by atoms with Crippen molar-refractivity contribution in [3.05, 3.63) is 0 Å². The van der Waals surface area contributed by atoms with E-state index in [-0.39, 0.29) is 18.9 Å². The Hall–Kier alpha value is -1.10. The minimum atomic E-state index is -0.957. The zero-order valence-electron chi connectivity index (χ0n) is 12.5. The van der Waals surface area contributed by atoms with Gasteiger partial charge in [-0.05, 0) is 12.8 Å². The Kier molecular flexibility index (Phi) is 7.68. The van der Waals surface area contributed by atoms with Crippen LogP contribution in [0.1, 0.15) is 52.9 Å². The van der Waals surface area contributed by atoms with Crippen molar-refractivity contribution in [3.8, 4) is 0 Å². The van der Waals surface area contributed by atoms with Crippen LogP contribution in [0.4, 0.5) is 0 Å². The van der Waals surface area contributed by atoms with Crippen LogP contribution in [0.15, 0.2) is 0 Å². The first-order valence-corrected chi connectivity index (χ1v) is 6.95. The summed E-state index contributed by atoms with van der Waals surface area (Å²) in [5.74, 6) is -1.71. The summed E-state index contributed by atoms with van der Waals surface area (Å²) in [5.41, 5.74) is -0.957. The fraction of sp³-hybridized carbons (Fsp3) is 0.857. The molecule has 0 fully saturated rings. The van der Waals surface area contributed by atoms with Gasteiger partial charge in [-0.15, -0.1) is 0 Å². The van der Waals surface area contributed by atoms with Crippen LogP contribution in [-0.4, -0.2) is 46.2 Å². The van der Waals surface area contributed by atoms with Crippen molar-refractivity contribution < 1.29 is 19.8 Å². The topological polar surface area (TPSA) is 77.8 Å². The zero-order valence-corrected chi connectivity index (χ0v) is 12.5. The summed E-state index contributed by atoms with van der Waals surface area (Å²) in [5, 5.41) is 19.2. The summed E-state index contributed by atoms with van der Waals surface area (Å²) >= 11 is 0. The highest BCUT2D eigenvalue weighted by Crippen LogP contribution is 2.24. The number of nitrogens with zero attached hydrogens (tertiary/aromatic N) is 1. The van der Waals surface area contributed by atoms with Gasteiger partial charge in [0.15, 0.2) is 0 Å². The minimum Gasteiger partial charge on any atom is -0.481 e. The largest absolute Gasteiger partial charge is 0.481 e. The third kappa shape index (κ3) is 6.57. The average molecular weight is 273 g/mol. The highest BCUT2D eigenvalue weighted by atomic mass is 16.4. The van der Waals surface area contributed by atoms with E-state index < -0.39 is 17.5 Å². The quantitative estimate of drug-likeness (QED) is 0.672. The van der Waals surface area contributed by atoms with Crippen LogP contribution in [0.5, 0.6) is 0 Å². The van der Waals surface area contributed by atoms with Crippen LogP contribution in [0.2, 0.25) is 0 Å². The van der Waals surface area contributed by atoms with Crippen molar-refractivity contribution in [1.29, 1.82) is 0 Å². The molecule has 0 aromatic carbocycles. The van der Waals surface area contributed by atoms with E-state index in [1.807, 2.05) is 13.8 Å². The van der Waals surface area contributed by atoms with Crippen molar-refractivity contribution in [2.24, 2.45) is 5.92 Å². The van der Waals surface area contributed by atoms with Crippen molar-refractivity contribution >= 4 is 11.9 Å². The van der Waals surface area contributed by atoms with E-state index in [2.05, 4.69) is 0 Å². The predicted molar refractivity (Wildman–Crippen MR) is 73.8 cm³/mol. The molecule has 0 aliphatic carbocycles. The number of hydrogen-bond acceptors (Lipinski definition) is 3. The van der Waals surface area contributed by atoms with E-state index in [0.29, 0.717) is 12.8 Å². The first-order valence-electron chi connectivity index (χ1n) is 6.95. The number of carboxylic acid groups (broad SMARTS) is 1. The molecule has 0 saturated heterocycles. The Morgan fingerprint density at radius 1 is 1.21 bits per heavy atom. The molecule has 112 valence electrons. The van der Waals surface area contributed by atoms with Gasteiger partial charge in [-0.25, -0.2) is 0 Å². The van der Waals surface area contributed by atoms with Gasteiger partial charge < -0.3 is 15.1 Å². The molecule has 0 bridgehead atoms. The lowest BCUT2D eigenvalue weighted by molar-refractivity contribution is -0.143. The number of aliphatic carboxylic acids is 1. The second kappa shape index (κ2) is 8.15. The van der Waals surface area contributed by atoms with Gasteiger partial charge in [0.1, 0.15) is 0 Å². The molecule has 0 aromatic heterocycles. The molecule has 0 spiro atoms. The summed E-state index contributed by atoms with van der Waals surface area (Å²) in [6.07, 6.45) is 2.89. The standard InChI is InChI=1S/C14H27NO4/c1-5-7-14(19,8-6-2)9-12(16)15(4)10-11(3)13(17)18/h11,19H,5-10H2,1-4H3,(H,17,18). The molecule has 2 N–H and O–H groups in total. The van der Waals surface area contributed by atoms with E-state index in [0.717, 1.165) is 12.8 Å². The van der Waals surface area contributed by atoms with Gasteiger partial charge in [0.05, 0.1) is 17.9 Å². The van der Waals surface area contributed by atoms with Gasteiger partial charge in [-0.1, -0.05) is 33.6 Å². The first kappa shape index (κ1) is 17.9. The zero-order chi connectivity index (χ0) is 15.1.